The van der Waals surface area contributed by atoms with Crippen LogP contribution >= 0.6 is 11.8 Å². The molecule has 0 radical (unpaired) electrons. The van der Waals surface area contributed by atoms with Crippen molar-refractivity contribution in [3.63, 3.8) is 0 Å². The number of anilines is 1. The van der Waals surface area contributed by atoms with E-state index in [1.54, 1.807) is 32.9 Å². The normalized spacial score (nSPS) is 20.6. The number of likely N-dealkylation sites (tertiary alicyclic amines) is 1. The van der Waals surface area contributed by atoms with Gasteiger partial charge in [0, 0.05) is 31.0 Å². The number of piperidine rings is 1. The van der Waals surface area contributed by atoms with Crippen LogP contribution in [0.25, 0.3) is 16.9 Å². The highest BCUT2D eigenvalue weighted by molar-refractivity contribution is 8.00. The van der Waals surface area contributed by atoms with Crippen LogP contribution in [0.5, 0.6) is 0 Å². The van der Waals surface area contributed by atoms with Crippen molar-refractivity contribution in [1.29, 1.82) is 0 Å². The number of halogens is 4. The highest BCUT2D eigenvalue weighted by Crippen LogP contribution is 2.44. The van der Waals surface area contributed by atoms with Crippen molar-refractivity contribution >= 4 is 35.0 Å². The largest absolute Gasteiger partial charge is 0.447 e. The lowest BCUT2D eigenvalue weighted by molar-refractivity contribution is -0.124. The summed E-state index contributed by atoms with van der Waals surface area (Å²) in [4.78, 5) is 31.1. The van der Waals surface area contributed by atoms with Gasteiger partial charge in [0.25, 0.3) is 0 Å². The van der Waals surface area contributed by atoms with E-state index in [4.69, 9.17) is 9.26 Å². The van der Waals surface area contributed by atoms with E-state index in [9.17, 15) is 27.2 Å². The summed E-state index contributed by atoms with van der Waals surface area (Å²) in [6.07, 6.45) is 0.974. The van der Waals surface area contributed by atoms with Crippen LogP contribution in [0.3, 0.4) is 0 Å². The minimum Gasteiger partial charge on any atom is -0.444 e. The van der Waals surface area contributed by atoms with Gasteiger partial charge in [0.2, 0.25) is 17.6 Å². The number of hydrogen-bond acceptors (Lipinski definition) is 9. The molecule has 11 nitrogen and oxygen atoms in total. The molecule has 1 saturated heterocycles. The van der Waals surface area contributed by atoms with Gasteiger partial charge in [-0.2, -0.15) is 18.2 Å². The molecular weight excluding hydrogens is 594 g/mol. The number of carbonyl (C=O) groups is 2. The third-order valence-corrected chi connectivity index (χ3v) is 7.94. The molecule has 2 atom stereocenters. The van der Waals surface area contributed by atoms with Crippen molar-refractivity contribution in [2.75, 3.05) is 25.5 Å². The van der Waals surface area contributed by atoms with E-state index in [2.05, 4.69) is 26.1 Å². The minimum atomic E-state index is -4.62. The van der Waals surface area contributed by atoms with E-state index in [0.29, 0.717) is 37.0 Å². The van der Waals surface area contributed by atoms with Gasteiger partial charge in [-0.3, -0.25) is 4.79 Å². The van der Waals surface area contributed by atoms with Crippen LogP contribution in [-0.2, 0) is 16.1 Å². The molecule has 2 aliphatic rings. The molecule has 2 fully saturated rings. The van der Waals surface area contributed by atoms with Crippen molar-refractivity contribution in [2.45, 2.75) is 80.5 Å². The monoisotopic (exact) mass is 627 g/mol. The summed E-state index contributed by atoms with van der Waals surface area (Å²) < 4.78 is 67.5. The Morgan fingerprint density at radius 1 is 1.26 bits per heavy atom. The van der Waals surface area contributed by atoms with E-state index in [1.165, 1.54) is 16.7 Å². The summed E-state index contributed by atoms with van der Waals surface area (Å²) in [6.45, 7) is 5.85. The van der Waals surface area contributed by atoms with Crippen molar-refractivity contribution < 1.29 is 36.4 Å². The number of nitrogens with zero attached hydrogens (tertiary/aromatic N) is 4. The van der Waals surface area contributed by atoms with Gasteiger partial charge in [-0.1, -0.05) is 5.16 Å². The third-order valence-electron chi connectivity index (χ3n) is 7.10. The summed E-state index contributed by atoms with van der Waals surface area (Å²) in [5.41, 5.74) is -5.55. The predicted molar refractivity (Wildman–Crippen MR) is 150 cm³/mol. The lowest BCUT2D eigenvalue weighted by atomic mass is 10.0. The molecule has 0 bridgehead atoms. The molecule has 4 heterocycles. The Labute approximate surface area is 249 Å². The molecule has 1 aliphatic carbocycles. The van der Waals surface area contributed by atoms with Crippen LogP contribution in [0.4, 0.5) is 28.0 Å². The molecule has 0 unspecified atom stereocenters. The third kappa shape index (κ3) is 7.34. The number of ether oxygens (including phenoxy) is 1. The molecule has 0 spiro atoms. The standard InChI is InChI=1S/C27H33F4N7O4S/c1-25(2,3)41-24(40)35-26(8-9-26)23(39)32-13-20-34-21(36-42-20)15-12-19-18(33-17-7-11-37(4)14-16(17)28)6-5-10-38(19)22(15)43-27(29,30)31/h5-6,10,12,16-17,33H,7-9,11,13-14H2,1-4H3,(H,32,39)(H,35,40)/t16-,17+/m0/s1. The number of hydrogen-bond donors (Lipinski definition) is 3. The molecule has 3 aromatic heterocycles. The molecule has 1 saturated carbocycles. The highest BCUT2D eigenvalue weighted by Gasteiger charge is 2.52. The lowest BCUT2D eigenvalue weighted by Gasteiger charge is -2.33. The van der Waals surface area contributed by atoms with Crippen molar-refractivity contribution in [1.82, 2.24) is 30.1 Å². The molecule has 3 aromatic rings. The number of nitrogens with one attached hydrogen (secondary N) is 3. The number of amides is 2. The molecule has 2 amide bonds. The molecule has 43 heavy (non-hydrogen) atoms. The van der Waals surface area contributed by atoms with Gasteiger partial charge < -0.3 is 34.5 Å². The number of aromatic nitrogens is 3. The Hall–Kier alpha value is -3.53. The number of pyridine rings is 1. The van der Waals surface area contributed by atoms with Crippen molar-refractivity contribution in [3.8, 4) is 11.4 Å². The van der Waals surface area contributed by atoms with Crippen molar-refractivity contribution in [2.24, 2.45) is 0 Å². The first-order valence-electron chi connectivity index (χ1n) is 13.7. The predicted octanol–water partition coefficient (Wildman–Crippen LogP) is 4.73. The highest BCUT2D eigenvalue weighted by atomic mass is 32.2. The van der Waals surface area contributed by atoms with Crippen LogP contribution in [-0.4, -0.2) is 80.4 Å². The Morgan fingerprint density at radius 2 is 2.00 bits per heavy atom. The fourth-order valence-corrected chi connectivity index (χ4v) is 5.62. The topological polar surface area (TPSA) is 126 Å². The fraction of sp³-hybridized carbons (Fsp3) is 0.556. The summed E-state index contributed by atoms with van der Waals surface area (Å²) in [5.74, 6) is -0.627. The van der Waals surface area contributed by atoms with E-state index in [-0.39, 0.29) is 47.2 Å². The van der Waals surface area contributed by atoms with E-state index in [1.807, 2.05) is 11.9 Å². The zero-order valence-corrected chi connectivity index (χ0v) is 24.9. The molecule has 0 aromatic carbocycles. The zero-order chi connectivity index (χ0) is 31.2. The Morgan fingerprint density at radius 3 is 2.65 bits per heavy atom. The zero-order valence-electron chi connectivity index (χ0n) is 24.0. The number of rotatable bonds is 8. The van der Waals surface area contributed by atoms with Crippen LogP contribution in [0.1, 0.15) is 45.9 Å². The summed E-state index contributed by atoms with van der Waals surface area (Å²) in [5, 5.41) is 12.1. The van der Waals surface area contributed by atoms with Gasteiger partial charge >= 0.3 is 11.6 Å². The number of fused-ring (bicyclic) bond motifs is 1. The van der Waals surface area contributed by atoms with Gasteiger partial charge in [-0.05, 0) is 65.3 Å². The Balaban J connectivity index is 1.35. The number of alkyl halides is 4. The summed E-state index contributed by atoms with van der Waals surface area (Å²) in [7, 11) is 1.83. The lowest BCUT2D eigenvalue weighted by Crippen LogP contribution is -2.50. The quantitative estimate of drug-likeness (QED) is 0.240. The molecule has 234 valence electrons. The summed E-state index contributed by atoms with van der Waals surface area (Å²) in [6, 6.07) is 4.26. The van der Waals surface area contributed by atoms with Crippen LogP contribution in [0.2, 0.25) is 0 Å². The van der Waals surface area contributed by atoms with Crippen molar-refractivity contribution in [3.05, 3.63) is 30.3 Å². The molecule has 5 rings (SSSR count). The van der Waals surface area contributed by atoms with E-state index in [0.717, 1.165) is 0 Å². The first kappa shape index (κ1) is 30.9. The Kier molecular flexibility index (Phi) is 8.28. The second-order valence-electron chi connectivity index (χ2n) is 11.8. The van der Waals surface area contributed by atoms with Crippen LogP contribution in [0.15, 0.2) is 33.9 Å². The molecular formula is C27H33F4N7O4S. The first-order valence-corrected chi connectivity index (χ1v) is 14.6. The molecule has 1 aliphatic heterocycles. The maximum absolute atomic E-state index is 14.7. The van der Waals surface area contributed by atoms with E-state index >= 15 is 0 Å². The van der Waals surface area contributed by atoms with Gasteiger partial charge in [0.1, 0.15) is 17.3 Å². The van der Waals surface area contributed by atoms with Gasteiger partial charge in [0.15, 0.2) is 0 Å². The molecule has 16 heteroatoms. The number of carbonyl (C=O) groups excluding carboxylic acids is 2. The van der Waals surface area contributed by atoms with Crippen LogP contribution in [0, 0.1) is 0 Å². The number of alkyl carbamates (subject to hydrolysis) is 1. The van der Waals surface area contributed by atoms with Gasteiger partial charge in [-0.15, -0.1) is 0 Å². The minimum absolute atomic E-state index is 0.0421. The molecule has 3 N–H and O–H groups in total. The Bertz CT molecular complexity index is 1500. The van der Waals surface area contributed by atoms with E-state index < -0.39 is 40.9 Å². The first-order chi connectivity index (χ1) is 20.1. The smallest absolute Gasteiger partial charge is 0.444 e. The average molecular weight is 628 g/mol. The maximum Gasteiger partial charge on any atom is 0.447 e. The second-order valence-corrected chi connectivity index (χ2v) is 12.9. The summed E-state index contributed by atoms with van der Waals surface area (Å²) >= 11 is -0.327. The fourth-order valence-electron chi connectivity index (χ4n) is 4.88. The SMILES string of the molecule is CN1CC[C@@H](Nc2cccn3c(SC(F)(F)F)c(-c4noc(CNC(=O)C5(NC(=O)OC(C)(C)C)CC5)n4)cc23)[C@@H](F)C1. The average Bonchev–Trinajstić information content (AvgIpc) is 3.36. The second kappa shape index (κ2) is 11.5. The number of thioether (sulfide) groups is 1. The van der Waals surface area contributed by atoms with Gasteiger partial charge in [-0.25, -0.2) is 9.18 Å². The van der Waals surface area contributed by atoms with Crippen LogP contribution < -0.4 is 16.0 Å². The maximum atomic E-state index is 14.7. The van der Waals surface area contributed by atoms with Gasteiger partial charge in [0.05, 0.1) is 34.4 Å².